The zero-order chi connectivity index (χ0) is 17.6. The first-order valence-electron chi connectivity index (χ1n) is 8.61. The number of hydrogen-bond donors (Lipinski definition) is 0. The molecule has 0 aromatic heterocycles. The number of halogens is 1. The minimum Gasteiger partial charge on any atom is -0.489 e. The van der Waals surface area contributed by atoms with Crippen LogP contribution < -0.4 is 9.64 Å². The summed E-state index contributed by atoms with van der Waals surface area (Å²) >= 11 is 0. The molecule has 0 saturated carbocycles. The second kappa shape index (κ2) is 8.12. The van der Waals surface area contributed by atoms with Crippen LogP contribution >= 0.6 is 0 Å². The van der Waals surface area contributed by atoms with Crippen LogP contribution in [0.15, 0.2) is 54.6 Å². The Balaban J connectivity index is 1.57. The van der Waals surface area contributed by atoms with E-state index in [4.69, 9.17) is 4.74 Å². The molecule has 4 nitrogen and oxygen atoms in total. The van der Waals surface area contributed by atoms with Crippen LogP contribution in [-0.4, -0.2) is 43.6 Å². The van der Waals surface area contributed by atoms with Crippen LogP contribution in [-0.2, 0) is 4.79 Å². The molecule has 1 aliphatic rings. The van der Waals surface area contributed by atoms with Gasteiger partial charge in [-0.05, 0) is 44.2 Å². The standard InChI is InChI=1S/C20H23FN2O2/c1-22(14-15-25-19-12-6-5-10-17(19)21)18-11-7-13-23(20(18)24)16-8-3-2-4-9-16/h2-6,8-10,12,18H,7,11,13-15H2,1H3. The Labute approximate surface area is 147 Å². The highest BCUT2D eigenvalue weighted by atomic mass is 19.1. The third kappa shape index (κ3) is 4.17. The van der Waals surface area contributed by atoms with Crippen molar-refractivity contribution in [2.75, 3.05) is 31.6 Å². The fourth-order valence-corrected chi connectivity index (χ4v) is 3.15. The summed E-state index contributed by atoms with van der Waals surface area (Å²) in [7, 11) is 1.92. The fourth-order valence-electron chi connectivity index (χ4n) is 3.15. The smallest absolute Gasteiger partial charge is 0.244 e. The SMILES string of the molecule is CN(CCOc1ccccc1F)C1CCCN(c2ccccc2)C1=O. The average molecular weight is 342 g/mol. The number of para-hydroxylation sites is 2. The van der Waals surface area contributed by atoms with Crippen molar-refractivity contribution in [1.82, 2.24) is 4.90 Å². The Morgan fingerprint density at radius 1 is 1.16 bits per heavy atom. The Kier molecular flexibility index (Phi) is 5.66. The molecule has 0 spiro atoms. The van der Waals surface area contributed by atoms with E-state index in [1.807, 2.05) is 47.2 Å². The average Bonchev–Trinajstić information content (AvgIpc) is 2.64. The summed E-state index contributed by atoms with van der Waals surface area (Å²) in [4.78, 5) is 16.7. The number of ether oxygens (including phenoxy) is 1. The van der Waals surface area contributed by atoms with Crippen molar-refractivity contribution in [3.8, 4) is 5.75 Å². The van der Waals surface area contributed by atoms with Gasteiger partial charge in [0, 0.05) is 18.8 Å². The van der Waals surface area contributed by atoms with Gasteiger partial charge >= 0.3 is 0 Å². The monoisotopic (exact) mass is 342 g/mol. The number of carbonyl (C=O) groups is 1. The van der Waals surface area contributed by atoms with Crippen LogP contribution in [0.25, 0.3) is 0 Å². The molecule has 0 radical (unpaired) electrons. The Bertz CT molecular complexity index is 708. The molecular weight excluding hydrogens is 319 g/mol. The highest BCUT2D eigenvalue weighted by Gasteiger charge is 2.32. The molecule has 1 atom stereocenters. The van der Waals surface area contributed by atoms with Crippen molar-refractivity contribution in [2.45, 2.75) is 18.9 Å². The van der Waals surface area contributed by atoms with Crippen molar-refractivity contribution in [2.24, 2.45) is 0 Å². The zero-order valence-electron chi connectivity index (χ0n) is 14.4. The first kappa shape index (κ1) is 17.4. The molecule has 2 aromatic rings. The first-order valence-corrected chi connectivity index (χ1v) is 8.61. The zero-order valence-corrected chi connectivity index (χ0v) is 14.4. The molecule has 1 saturated heterocycles. The molecular formula is C20H23FN2O2. The molecule has 132 valence electrons. The number of rotatable bonds is 6. The summed E-state index contributed by atoms with van der Waals surface area (Å²) in [5.41, 5.74) is 0.938. The predicted molar refractivity (Wildman–Crippen MR) is 96.3 cm³/mol. The fraction of sp³-hybridized carbons (Fsp3) is 0.350. The van der Waals surface area contributed by atoms with Gasteiger partial charge in [0.2, 0.25) is 5.91 Å². The number of anilines is 1. The predicted octanol–water partition coefficient (Wildman–Crippen LogP) is 3.33. The van der Waals surface area contributed by atoms with E-state index < -0.39 is 0 Å². The number of likely N-dealkylation sites (N-methyl/N-ethyl adjacent to an activating group) is 1. The van der Waals surface area contributed by atoms with Crippen LogP contribution in [0.5, 0.6) is 5.75 Å². The molecule has 1 unspecified atom stereocenters. The molecule has 5 heteroatoms. The van der Waals surface area contributed by atoms with E-state index in [1.165, 1.54) is 6.07 Å². The number of nitrogens with zero attached hydrogens (tertiary/aromatic N) is 2. The van der Waals surface area contributed by atoms with E-state index >= 15 is 0 Å². The molecule has 1 heterocycles. The summed E-state index contributed by atoms with van der Waals surface area (Å²) in [6, 6.07) is 15.9. The second-order valence-electron chi connectivity index (χ2n) is 6.24. The Morgan fingerprint density at radius 2 is 1.88 bits per heavy atom. The van der Waals surface area contributed by atoms with E-state index in [1.54, 1.807) is 18.2 Å². The summed E-state index contributed by atoms with van der Waals surface area (Å²) in [6.07, 6.45) is 1.79. The van der Waals surface area contributed by atoms with Crippen molar-refractivity contribution in [3.63, 3.8) is 0 Å². The largest absolute Gasteiger partial charge is 0.489 e. The summed E-state index contributed by atoms with van der Waals surface area (Å²) in [6.45, 7) is 1.65. The van der Waals surface area contributed by atoms with Gasteiger partial charge in [-0.2, -0.15) is 0 Å². The van der Waals surface area contributed by atoms with Gasteiger partial charge in [-0.15, -0.1) is 0 Å². The maximum Gasteiger partial charge on any atom is 0.244 e. The third-order valence-corrected chi connectivity index (χ3v) is 4.55. The van der Waals surface area contributed by atoms with Crippen molar-refractivity contribution in [1.29, 1.82) is 0 Å². The second-order valence-corrected chi connectivity index (χ2v) is 6.24. The summed E-state index contributed by atoms with van der Waals surface area (Å²) in [5.74, 6) is -0.00299. The number of piperidine rings is 1. The lowest BCUT2D eigenvalue weighted by Gasteiger charge is -2.36. The van der Waals surface area contributed by atoms with Crippen LogP contribution in [0, 0.1) is 5.82 Å². The normalized spacial score (nSPS) is 17.8. The van der Waals surface area contributed by atoms with E-state index in [9.17, 15) is 9.18 Å². The quantitative estimate of drug-likeness (QED) is 0.807. The van der Waals surface area contributed by atoms with E-state index in [-0.39, 0.29) is 23.5 Å². The van der Waals surface area contributed by atoms with Gasteiger partial charge in [-0.3, -0.25) is 9.69 Å². The first-order chi connectivity index (χ1) is 12.2. The van der Waals surface area contributed by atoms with Crippen LogP contribution in [0.1, 0.15) is 12.8 Å². The lowest BCUT2D eigenvalue weighted by atomic mass is 10.0. The maximum atomic E-state index is 13.6. The number of carbonyl (C=O) groups excluding carboxylic acids is 1. The third-order valence-electron chi connectivity index (χ3n) is 4.55. The van der Waals surface area contributed by atoms with Crippen molar-refractivity contribution < 1.29 is 13.9 Å². The summed E-state index contributed by atoms with van der Waals surface area (Å²) in [5, 5.41) is 0. The number of hydrogen-bond acceptors (Lipinski definition) is 3. The van der Waals surface area contributed by atoms with E-state index in [2.05, 4.69) is 0 Å². The van der Waals surface area contributed by atoms with Gasteiger partial charge in [-0.1, -0.05) is 30.3 Å². The van der Waals surface area contributed by atoms with Crippen LogP contribution in [0.3, 0.4) is 0 Å². The Hall–Kier alpha value is -2.40. The van der Waals surface area contributed by atoms with Crippen molar-refractivity contribution in [3.05, 3.63) is 60.4 Å². The molecule has 1 amide bonds. The van der Waals surface area contributed by atoms with Gasteiger partial charge in [-0.25, -0.2) is 4.39 Å². The highest BCUT2D eigenvalue weighted by Crippen LogP contribution is 2.23. The lowest BCUT2D eigenvalue weighted by Crippen LogP contribution is -2.52. The van der Waals surface area contributed by atoms with Crippen LogP contribution in [0.4, 0.5) is 10.1 Å². The molecule has 0 N–H and O–H groups in total. The molecule has 1 aliphatic heterocycles. The number of benzene rings is 2. The molecule has 0 aliphatic carbocycles. The minimum atomic E-state index is -0.367. The maximum absolute atomic E-state index is 13.6. The van der Waals surface area contributed by atoms with E-state index in [0.717, 1.165) is 25.1 Å². The minimum absolute atomic E-state index is 0.117. The van der Waals surface area contributed by atoms with Gasteiger partial charge in [0.15, 0.2) is 11.6 Å². The molecule has 25 heavy (non-hydrogen) atoms. The number of amides is 1. The Morgan fingerprint density at radius 3 is 2.64 bits per heavy atom. The highest BCUT2D eigenvalue weighted by molar-refractivity contribution is 5.97. The molecule has 1 fully saturated rings. The van der Waals surface area contributed by atoms with Gasteiger partial charge in [0.05, 0.1) is 6.04 Å². The van der Waals surface area contributed by atoms with E-state index in [0.29, 0.717) is 13.2 Å². The van der Waals surface area contributed by atoms with Crippen LogP contribution in [0.2, 0.25) is 0 Å². The molecule has 0 bridgehead atoms. The molecule has 3 rings (SSSR count). The summed E-state index contributed by atoms with van der Waals surface area (Å²) < 4.78 is 19.1. The molecule has 2 aromatic carbocycles. The van der Waals surface area contributed by atoms with Gasteiger partial charge in [0.1, 0.15) is 6.61 Å². The van der Waals surface area contributed by atoms with Crippen molar-refractivity contribution >= 4 is 11.6 Å². The topological polar surface area (TPSA) is 32.8 Å². The van der Waals surface area contributed by atoms with Gasteiger partial charge < -0.3 is 9.64 Å². The van der Waals surface area contributed by atoms with Gasteiger partial charge in [0.25, 0.3) is 0 Å². The lowest BCUT2D eigenvalue weighted by molar-refractivity contribution is -0.124.